The first-order chi connectivity index (χ1) is 8.24. The van der Waals surface area contributed by atoms with Gasteiger partial charge in [-0.05, 0) is 28.1 Å². The molecular weight excluding hydrogens is 304 g/mol. The Hall–Kier alpha value is -0.430. The fourth-order valence-electron chi connectivity index (χ4n) is 1.68. The topological polar surface area (TPSA) is 50.4 Å². The van der Waals surface area contributed by atoms with Gasteiger partial charge in [0, 0.05) is 23.9 Å². The molecule has 1 saturated heterocycles. The summed E-state index contributed by atoms with van der Waals surface area (Å²) in [5, 5.41) is 6.18. The molecule has 1 aromatic heterocycles. The van der Waals surface area contributed by atoms with Gasteiger partial charge >= 0.3 is 0 Å². The number of carbonyl (C=O) groups excluding carboxylic acids is 1. The zero-order chi connectivity index (χ0) is 12.1. The van der Waals surface area contributed by atoms with Crippen LogP contribution in [0.2, 0.25) is 0 Å². The number of ether oxygens (including phenoxy) is 1. The first-order valence-electron chi connectivity index (χ1n) is 5.56. The lowest BCUT2D eigenvalue weighted by atomic mass is 10.2. The molecule has 0 spiro atoms. The van der Waals surface area contributed by atoms with Crippen molar-refractivity contribution < 1.29 is 9.53 Å². The van der Waals surface area contributed by atoms with Crippen LogP contribution in [0.3, 0.4) is 0 Å². The SMILES string of the molecule is O=C(CC1COCCN1)NCc1ccc(Br)s1. The highest BCUT2D eigenvalue weighted by atomic mass is 79.9. The highest BCUT2D eigenvalue weighted by Gasteiger charge is 2.16. The number of halogens is 1. The Morgan fingerprint density at radius 1 is 1.65 bits per heavy atom. The largest absolute Gasteiger partial charge is 0.378 e. The summed E-state index contributed by atoms with van der Waals surface area (Å²) in [6, 6.07) is 4.15. The second-order valence-electron chi connectivity index (χ2n) is 3.91. The molecule has 1 amide bonds. The third-order valence-corrected chi connectivity index (χ3v) is 4.14. The minimum atomic E-state index is 0.0672. The van der Waals surface area contributed by atoms with Gasteiger partial charge in [-0.2, -0.15) is 0 Å². The fraction of sp³-hybridized carbons (Fsp3) is 0.545. The number of carbonyl (C=O) groups is 1. The van der Waals surface area contributed by atoms with E-state index >= 15 is 0 Å². The molecule has 0 aromatic carbocycles. The van der Waals surface area contributed by atoms with Gasteiger partial charge in [0.1, 0.15) is 0 Å². The van der Waals surface area contributed by atoms with Crippen molar-refractivity contribution in [2.75, 3.05) is 19.8 Å². The lowest BCUT2D eigenvalue weighted by molar-refractivity contribution is -0.122. The molecule has 1 aliphatic heterocycles. The molecule has 0 aliphatic carbocycles. The standard InChI is InChI=1S/C11H15BrN2O2S/c12-10-2-1-9(17-10)6-14-11(15)5-8-7-16-4-3-13-8/h1-2,8,13H,3-7H2,(H,14,15). The van der Waals surface area contributed by atoms with Crippen molar-refractivity contribution >= 4 is 33.2 Å². The lowest BCUT2D eigenvalue weighted by Gasteiger charge is -2.23. The van der Waals surface area contributed by atoms with Crippen molar-refractivity contribution in [3.05, 3.63) is 20.8 Å². The first kappa shape index (κ1) is 13.0. The van der Waals surface area contributed by atoms with E-state index in [9.17, 15) is 4.79 Å². The Bertz CT molecular complexity index is 377. The highest BCUT2D eigenvalue weighted by Crippen LogP contribution is 2.21. The molecule has 1 aromatic rings. The molecule has 4 nitrogen and oxygen atoms in total. The number of hydrogen-bond acceptors (Lipinski definition) is 4. The van der Waals surface area contributed by atoms with Crippen LogP contribution < -0.4 is 10.6 Å². The van der Waals surface area contributed by atoms with E-state index in [0.29, 0.717) is 19.6 Å². The van der Waals surface area contributed by atoms with E-state index in [1.54, 1.807) is 11.3 Å². The molecule has 0 radical (unpaired) electrons. The van der Waals surface area contributed by atoms with Gasteiger partial charge in [0.05, 0.1) is 23.5 Å². The summed E-state index contributed by atoms with van der Waals surface area (Å²) in [6.07, 6.45) is 0.479. The average Bonchev–Trinajstić information content (AvgIpc) is 2.74. The van der Waals surface area contributed by atoms with Gasteiger partial charge in [-0.1, -0.05) is 0 Å². The van der Waals surface area contributed by atoms with E-state index in [2.05, 4.69) is 26.6 Å². The van der Waals surface area contributed by atoms with Gasteiger partial charge in [-0.3, -0.25) is 4.79 Å². The number of nitrogens with one attached hydrogen (secondary N) is 2. The predicted octanol–water partition coefficient (Wildman–Crippen LogP) is 1.51. The van der Waals surface area contributed by atoms with Gasteiger partial charge in [-0.15, -0.1) is 11.3 Å². The molecule has 0 bridgehead atoms. The highest BCUT2D eigenvalue weighted by molar-refractivity contribution is 9.11. The molecular formula is C11H15BrN2O2S. The lowest BCUT2D eigenvalue weighted by Crippen LogP contribution is -2.44. The van der Waals surface area contributed by atoms with Crippen LogP contribution in [0, 0.1) is 0 Å². The van der Waals surface area contributed by atoms with Crippen LogP contribution in [-0.4, -0.2) is 31.7 Å². The number of rotatable bonds is 4. The Morgan fingerprint density at radius 3 is 3.18 bits per heavy atom. The molecule has 1 fully saturated rings. The van der Waals surface area contributed by atoms with E-state index in [-0.39, 0.29) is 11.9 Å². The van der Waals surface area contributed by atoms with Gasteiger partial charge in [0.15, 0.2) is 0 Å². The van der Waals surface area contributed by atoms with Gasteiger partial charge < -0.3 is 15.4 Å². The molecule has 17 heavy (non-hydrogen) atoms. The van der Waals surface area contributed by atoms with Crippen LogP contribution in [0.15, 0.2) is 15.9 Å². The van der Waals surface area contributed by atoms with Crippen LogP contribution in [-0.2, 0) is 16.1 Å². The van der Waals surface area contributed by atoms with Crippen molar-refractivity contribution in [2.45, 2.75) is 19.0 Å². The quantitative estimate of drug-likeness (QED) is 0.884. The Morgan fingerprint density at radius 2 is 2.53 bits per heavy atom. The molecule has 2 heterocycles. The molecule has 6 heteroatoms. The molecule has 1 unspecified atom stereocenters. The second kappa shape index (κ2) is 6.49. The van der Waals surface area contributed by atoms with Crippen LogP contribution in [0.4, 0.5) is 0 Å². The smallest absolute Gasteiger partial charge is 0.221 e. The second-order valence-corrected chi connectivity index (χ2v) is 6.46. The Balaban J connectivity index is 1.70. The molecule has 1 aliphatic rings. The minimum Gasteiger partial charge on any atom is -0.378 e. The number of morpholine rings is 1. The summed E-state index contributed by atoms with van der Waals surface area (Å²) >= 11 is 5.04. The average molecular weight is 319 g/mol. The monoisotopic (exact) mass is 318 g/mol. The molecule has 0 saturated carbocycles. The Labute approximate surface area is 113 Å². The summed E-state index contributed by atoms with van der Waals surface area (Å²) in [5.74, 6) is 0.0672. The maximum absolute atomic E-state index is 11.7. The molecule has 2 N–H and O–H groups in total. The summed E-state index contributed by atoms with van der Waals surface area (Å²) in [6.45, 7) is 2.79. The van der Waals surface area contributed by atoms with Crippen LogP contribution >= 0.6 is 27.3 Å². The van der Waals surface area contributed by atoms with Crippen molar-refractivity contribution in [1.29, 1.82) is 0 Å². The van der Waals surface area contributed by atoms with Gasteiger partial charge in [0.2, 0.25) is 5.91 Å². The van der Waals surface area contributed by atoms with Crippen LogP contribution in [0.25, 0.3) is 0 Å². The Kier molecular flexibility index (Phi) is 4.97. The maximum atomic E-state index is 11.7. The van der Waals surface area contributed by atoms with Crippen molar-refractivity contribution in [2.24, 2.45) is 0 Å². The number of amides is 1. The molecule has 2 rings (SSSR count). The van der Waals surface area contributed by atoms with E-state index in [1.807, 2.05) is 12.1 Å². The normalized spacial score (nSPS) is 20.2. The van der Waals surface area contributed by atoms with Crippen LogP contribution in [0.1, 0.15) is 11.3 Å². The van der Waals surface area contributed by atoms with E-state index in [0.717, 1.165) is 21.8 Å². The third-order valence-electron chi connectivity index (χ3n) is 2.52. The first-order valence-corrected chi connectivity index (χ1v) is 7.17. The zero-order valence-electron chi connectivity index (χ0n) is 9.37. The van der Waals surface area contributed by atoms with E-state index in [1.165, 1.54) is 0 Å². The predicted molar refractivity (Wildman–Crippen MR) is 71.1 cm³/mol. The van der Waals surface area contributed by atoms with Crippen molar-refractivity contribution in [3.63, 3.8) is 0 Å². The third kappa shape index (κ3) is 4.39. The maximum Gasteiger partial charge on any atom is 0.221 e. The van der Waals surface area contributed by atoms with E-state index in [4.69, 9.17) is 4.74 Å². The van der Waals surface area contributed by atoms with Crippen molar-refractivity contribution in [1.82, 2.24) is 10.6 Å². The number of hydrogen-bond donors (Lipinski definition) is 2. The summed E-state index contributed by atoms with van der Waals surface area (Å²) in [5.41, 5.74) is 0. The minimum absolute atomic E-state index is 0.0672. The summed E-state index contributed by atoms with van der Waals surface area (Å²) in [7, 11) is 0. The van der Waals surface area contributed by atoms with Crippen LogP contribution in [0.5, 0.6) is 0 Å². The summed E-state index contributed by atoms with van der Waals surface area (Å²) in [4.78, 5) is 12.8. The molecule has 94 valence electrons. The van der Waals surface area contributed by atoms with Gasteiger partial charge in [0.25, 0.3) is 0 Å². The zero-order valence-corrected chi connectivity index (χ0v) is 11.8. The van der Waals surface area contributed by atoms with E-state index < -0.39 is 0 Å². The van der Waals surface area contributed by atoms with Crippen molar-refractivity contribution in [3.8, 4) is 0 Å². The fourth-order valence-corrected chi connectivity index (χ4v) is 3.10. The number of thiophene rings is 1. The summed E-state index contributed by atoms with van der Waals surface area (Å²) < 4.78 is 6.39. The van der Waals surface area contributed by atoms with Gasteiger partial charge in [-0.25, -0.2) is 0 Å². The molecule has 1 atom stereocenters.